The topological polar surface area (TPSA) is 218 Å². The van der Waals surface area contributed by atoms with Gasteiger partial charge in [-0.3, -0.25) is 0 Å². The molecular formula is C56H76N2O16+2. The van der Waals surface area contributed by atoms with E-state index in [0.29, 0.717) is 129 Å². The lowest BCUT2D eigenvalue weighted by molar-refractivity contribution is -0.941. The number of ether oxygens (including phenoxy) is 9. The number of carbonyl (C=O) groups is 2. The minimum atomic E-state index is -0.683. The van der Waals surface area contributed by atoms with E-state index in [-0.39, 0.29) is 58.3 Å². The van der Waals surface area contributed by atoms with Crippen molar-refractivity contribution in [3.8, 4) is 40.2 Å². The predicted molar refractivity (Wildman–Crippen MR) is 274 cm³/mol. The number of hydrogen-bond acceptors (Lipinski definition) is 16. The second-order valence-corrected chi connectivity index (χ2v) is 19.2. The van der Waals surface area contributed by atoms with E-state index in [0.717, 1.165) is 58.5 Å². The first-order valence-electron chi connectivity index (χ1n) is 24.9. The maximum atomic E-state index is 13.0. The van der Waals surface area contributed by atoms with Crippen molar-refractivity contribution in [3.63, 3.8) is 0 Å². The van der Waals surface area contributed by atoms with E-state index in [1.54, 1.807) is 35.5 Å². The molecule has 0 saturated carbocycles. The average Bonchev–Trinajstić information content (AvgIpc) is 3.42. The Labute approximate surface area is 434 Å². The number of rotatable bonds is 26. The van der Waals surface area contributed by atoms with Gasteiger partial charge in [0.15, 0.2) is 23.0 Å². The van der Waals surface area contributed by atoms with E-state index in [1.165, 1.54) is 14.2 Å². The number of hydrogen-bond donors (Lipinski definition) is 5. The van der Waals surface area contributed by atoms with Crippen LogP contribution in [0.25, 0.3) is 0 Å². The molecule has 0 spiro atoms. The van der Waals surface area contributed by atoms with Gasteiger partial charge in [-0.2, -0.15) is 0 Å². The number of methoxy groups -OCH3 is 7. The summed E-state index contributed by atoms with van der Waals surface area (Å²) < 4.78 is 52.7. The third kappa shape index (κ3) is 12.2. The number of esters is 2. The first-order chi connectivity index (χ1) is 35.7. The van der Waals surface area contributed by atoms with Crippen molar-refractivity contribution in [2.45, 2.75) is 83.6 Å². The third-order valence-corrected chi connectivity index (χ3v) is 15.1. The Kier molecular flexibility index (Phi) is 20.0. The van der Waals surface area contributed by atoms with Gasteiger partial charge in [0.05, 0.1) is 147 Å². The van der Waals surface area contributed by atoms with Gasteiger partial charge in [0.25, 0.3) is 0 Å². The number of aliphatic hydroxyl groups is 5. The van der Waals surface area contributed by atoms with Gasteiger partial charge in [0.2, 0.25) is 5.75 Å². The number of fused-ring (bicyclic) bond motifs is 2. The summed E-state index contributed by atoms with van der Waals surface area (Å²) in [6.45, 7) is 1.42. The van der Waals surface area contributed by atoms with Crippen LogP contribution in [-0.4, -0.2) is 150 Å². The highest BCUT2D eigenvalue weighted by Gasteiger charge is 2.44. The maximum absolute atomic E-state index is 13.0. The largest absolute Gasteiger partial charge is 0.496 e. The molecule has 0 aliphatic carbocycles. The van der Waals surface area contributed by atoms with Crippen LogP contribution in [-0.2, 0) is 77.8 Å². The number of nitrogens with zero attached hydrogens (tertiary/aromatic N) is 2. The number of quaternary nitrogens is 2. The summed E-state index contributed by atoms with van der Waals surface area (Å²) in [7, 11) is 15.2. The highest BCUT2D eigenvalue weighted by Crippen LogP contribution is 2.51. The maximum Gasteiger partial charge on any atom is 0.331 e. The summed E-state index contributed by atoms with van der Waals surface area (Å²) >= 11 is 0. The SMILES string of the molecule is COc1cc(CC2c3c(cc(CO)c(CO)c3OC)CC[N+]2(C)CCCOC(=O)/C=C/C(=O)OCCC[N+]2(C)CCc3cc(OC)c(OC)c(OC)c3C2Cc2cc(CO)c(OC)c(OC)c2)cc(CO)c1CO. The molecule has 0 amide bonds. The van der Waals surface area contributed by atoms with Crippen LogP contribution in [0, 0.1) is 0 Å². The molecule has 18 nitrogen and oxygen atoms in total. The lowest BCUT2D eigenvalue weighted by atomic mass is 9.82. The number of likely N-dealkylation sites (N-methyl/N-ethyl adjacent to an activating group) is 2. The molecule has 6 rings (SSSR count). The Hall–Kier alpha value is -6.12. The molecule has 0 aromatic heterocycles. The minimum Gasteiger partial charge on any atom is -0.496 e. The molecule has 5 N–H and O–H groups in total. The van der Waals surface area contributed by atoms with Gasteiger partial charge in [-0.15, -0.1) is 0 Å². The molecule has 2 aliphatic heterocycles. The van der Waals surface area contributed by atoms with Crippen LogP contribution < -0.4 is 33.2 Å². The minimum absolute atomic E-state index is 0.0800. The second kappa shape index (κ2) is 25.9. The van der Waals surface area contributed by atoms with E-state index in [4.69, 9.17) is 42.6 Å². The Bertz CT molecular complexity index is 2410. The summed E-state index contributed by atoms with van der Waals surface area (Å²) in [5, 5.41) is 51.3. The van der Waals surface area contributed by atoms with Crippen molar-refractivity contribution in [2.75, 3.05) is 103 Å². The van der Waals surface area contributed by atoms with E-state index < -0.39 is 11.9 Å². The zero-order chi connectivity index (χ0) is 53.7. The molecule has 4 aromatic carbocycles. The summed E-state index contributed by atoms with van der Waals surface area (Å²) in [5.74, 6) is 2.23. The lowest BCUT2D eigenvalue weighted by Crippen LogP contribution is -2.53. The van der Waals surface area contributed by atoms with Gasteiger partial charge in [-0.25, -0.2) is 9.59 Å². The molecule has 4 atom stereocenters. The van der Waals surface area contributed by atoms with Gasteiger partial charge in [0, 0.05) is 67.4 Å². The average molecular weight is 1030 g/mol. The van der Waals surface area contributed by atoms with Crippen molar-refractivity contribution in [3.05, 3.63) is 110 Å². The first-order valence-corrected chi connectivity index (χ1v) is 24.9. The Morgan fingerprint density at radius 1 is 0.500 bits per heavy atom. The standard InChI is InChI=1S/C56H76N2O16/c1-57(18-14-37-28-40(31-60)43(34-63)54(70-7)51(37)44(57)24-35-22-39(30-59)42(33-62)46(26-35)66-3)16-10-20-73-49(64)12-13-50(65)74-21-11-17-58(2)19-15-38-29-48(68-5)55(71-8)56(72-9)52(38)45(58)25-36-23-41(32-61)53(69-6)47(27-36)67-4/h12-13,22-23,26-29,44-45,59-63H,10-11,14-21,24-25,30-34H2,1-9H3/q+2/b13-12+. The molecule has 0 bridgehead atoms. The normalized spacial score (nSPS) is 19.1. The first kappa shape index (κ1) is 57.2. The molecule has 4 unspecified atom stereocenters. The van der Waals surface area contributed by atoms with Crippen LogP contribution in [0.1, 0.15) is 86.1 Å². The number of benzene rings is 4. The Morgan fingerprint density at radius 2 is 0.932 bits per heavy atom. The van der Waals surface area contributed by atoms with E-state index in [2.05, 4.69) is 14.1 Å². The monoisotopic (exact) mass is 1030 g/mol. The molecule has 0 radical (unpaired) electrons. The summed E-state index contributed by atoms with van der Waals surface area (Å²) in [6.07, 6.45) is 5.53. The van der Waals surface area contributed by atoms with Gasteiger partial charge in [-0.1, -0.05) is 12.1 Å². The molecule has 404 valence electrons. The smallest absolute Gasteiger partial charge is 0.331 e. The van der Waals surface area contributed by atoms with Crippen LogP contribution in [0.15, 0.2) is 48.6 Å². The van der Waals surface area contributed by atoms with Crippen molar-refractivity contribution in [1.29, 1.82) is 0 Å². The van der Waals surface area contributed by atoms with E-state index in [1.807, 2.05) is 36.4 Å². The Morgan fingerprint density at radius 3 is 1.39 bits per heavy atom. The van der Waals surface area contributed by atoms with Crippen LogP contribution in [0.4, 0.5) is 0 Å². The van der Waals surface area contributed by atoms with E-state index >= 15 is 0 Å². The van der Waals surface area contributed by atoms with Gasteiger partial charge in [-0.05, 0) is 57.6 Å². The van der Waals surface area contributed by atoms with Gasteiger partial charge >= 0.3 is 11.9 Å². The molecule has 2 aliphatic rings. The quantitative estimate of drug-likeness (QED) is 0.0245. The second-order valence-electron chi connectivity index (χ2n) is 19.2. The Balaban J connectivity index is 1.11. The van der Waals surface area contributed by atoms with Crippen LogP contribution in [0.3, 0.4) is 0 Å². The zero-order valence-corrected chi connectivity index (χ0v) is 44.4. The highest BCUT2D eigenvalue weighted by molar-refractivity contribution is 5.91. The highest BCUT2D eigenvalue weighted by atomic mass is 16.5. The zero-order valence-electron chi connectivity index (χ0n) is 44.4. The van der Waals surface area contributed by atoms with Crippen molar-refractivity contribution >= 4 is 11.9 Å². The molecule has 2 heterocycles. The number of carbonyl (C=O) groups excluding carboxylic acids is 2. The van der Waals surface area contributed by atoms with Crippen LogP contribution >= 0.6 is 0 Å². The van der Waals surface area contributed by atoms with Crippen LogP contribution in [0.2, 0.25) is 0 Å². The van der Waals surface area contributed by atoms with Gasteiger partial charge < -0.3 is 77.1 Å². The van der Waals surface area contributed by atoms with Crippen LogP contribution in [0.5, 0.6) is 40.2 Å². The van der Waals surface area contributed by atoms with Gasteiger partial charge in [0.1, 0.15) is 23.6 Å². The van der Waals surface area contributed by atoms with Crippen molar-refractivity contribution < 1.29 is 86.7 Å². The summed E-state index contributed by atoms with van der Waals surface area (Å²) in [5.41, 5.74) is 8.50. The lowest BCUT2D eigenvalue weighted by Gasteiger charge is -2.46. The van der Waals surface area contributed by atoms with Crippen molar-refractivity contribution in [2.24, 2.45) is 0 Å². The molecule has 0 fully saturated rings. The predicted octanol–water partition coefficient (Wildman–Crippen LogP) is 4.90. The number of aliphatic hydroxyl groups excluding tert-OH is 5. The molecular weight excluding hydrogens is 957 g/mol. The van der Waals surface area contributed by atoms with E-state index in [9.17, 15) is 35.1 Å². The third-order valence-electron chi connectivity index (χ3n) is 15.1. The summed E-state index contributed by atoms with van der Waals surface area (Å²) in [6, 6.07) is 11.1. The van der Waals surface area contributed by atoms with Crippen molar-refractivity contribution in [1.82, 2.24) is 0 Å². The molecule has 4 aromatic rings. The fraction of sp³-hybridized carbons (Fsp3) is 0.500. The summed E-state index contributed by atoms with van der Waals surface area (Å²) in [4.78, 5) is 25.9. The fourth-order valence-electron chi connectivity index (χ4n) is 11.2. The fourth-order valence-corrected chi connectivity index (χ4v) is 11.2. The molecule has 74 heavy (non-hydrogen) atoms. The molecule has 18 heteroatoms. The molecule has 0 saturated heterocycles.